The molecule has 0 N–H and O–H groups in total. The highest BCUT2D eigenvalue weighted by Crippen LogP contribution is 2.12. The van der Waals surface area contributed by atoms with Gasteiger partial charge in [-0.3, -0.25) is 0 Å². The maximum Gasteiger partial charge on any atom is 0.122 e. The van der Waals surface area contributed by atoms with E-state index in [9.17, 15) is 0 Å². The summed E-state index contributed by atoms with van der Waals surface area (Å²) in [5.74, 6) is 7.22. The van der Waals surface area contributed by atoms with Crippen LogP contribution in [0.5, 0.6) is 0 Å². The molecule has 0 unspecified atom stereocenters. The average molecular weight is 284 g/mol. The van der Waals surface area contributed by atoms with Crippen LogP contribution in [0.3, 0.4) is 0 Å². The first-order valence-electron chi connectivity index (χ1n) is 8.32. The molecule has 0 heterocycles. The predicted octanol–water partition coefficient (Wildman–Crippen LogP) is 6.87. The van der Waals surface area contributed by atoms with Gasteiger partial charge in [-0.05, 0) is 6.42 Å². The zero-order valence-electron chi connectivity index (χ0n) is 12.9. The molecule has 0 aliphatic rings. The van der Waals surface area contributed by atoms with Crippen LogP contribution >= 0.6 is 11.6 Å². The molecule has 0 bridgehead atoms. The molecule has 19 heavy (non-hydrogen) atoms. The second kappa shape index (κ2) is 17.8. The summed E-state index contributed by atoms with van der Waals surface area (Å²) in [6.45, 7) is 2.28. The Labute approximate surface area is 126 Å². The van der Waals surface area contributed by atoms with Crippen molar-refractivity contribution in [2.75, 3.05) is 0 Å². The Bertz CT molecular complexity index is 211. The summed E-state index contributed by atoms with van der Waals surface area (Å²) in [4.78, 5) is 0. The molecule has 0 spiro atoms. The Kier molecular flexibility index (Phi) is 17.7. The molecule has 0 nitrogen and oxygen atoms in total. The second-order valence-corrected chi connectivity index (χ2v) is 5.64. The maximum atomic E-state index is 5.36. The Hall–Kier alpha value is -0.150. The van der Waals surface area contributed by atoms with E-state index in [4.69, 9.17) is 11.6 Å². The Morgan fingerprint density at radius 1 is 0.684 bits per heavy atom. The topological polar surface area (TPSA) is 0 Å². The first kappa shape index (κ1) is 18.9. The number of hydrogen-bond donors (Lipinski definition) is 0. The zero-order valence-corrected chi connectivity index (χ0v) is 13.6. The average Bonchev–Trinajstić information content (AvgIpc) is 2.43. The van der Waals surface area contributed by atoms with Crippen molar-refractivity contribution in [2.45, 2.75) is 96.8 Å². The quantitative estimate of drug-likeness (QED) is 0.255. The van der Waals surface area contributed by atoms with E-state index in [0.717, 1.165) is 6.42 Å². The first-order chi connectivity index (χ1) is 9.41. The smallest absolute Gasteiger partial charge is 0.106 e. The fourth-order valence-corrected chi connectivity index (χ4v) is 2.42. The molecular weight excluding hydrogens is 252 g/mol. The monoisotopic (exact) mass is 283 g/mol. The summed E-state index contributed by atoms with van der Waals surface area (Å²) in [6.07, 6.45) is 19.2. The predicted molar refractivity (Wildman–Crippen MR) is 88.2 cm³/mol. The third-order valence-electron chi connectivity index (χ3n) is 3.56. The Balaban J connectivity index is 2.95. The van der Waals surface area contributed by atoms with Crippen LogP contribution < -0.4 is 0 Å². The number of rotatable bonds is 13. The van der Waals surface area contributed by atoms with Crippen LogP contribution in [0, 0.1) is 17.7 Å². The summed E-state index contributed by atoms with van der Waals surface area (Å²) >= 11 is 5.36. The van der Waals surface area contributed by atoms with Crippen LogP contribution in [0.4, 0.5) is 0 Å². The molecule has 0 aromatic rings. The molecule has 111 valence electrons. The molecule has 1 radical (unpaired) electrons. The van der Waals surface area contributed by atoms with E-state index in [1.54, 1.807) is 0 Å². The molecule has 1 heteroatoms. The maximum absolute atomic E-state index is 5.36. The SMILES string of the molecule is CCCCCCCCCCCCCCCC#C[CH]Cl. The van der Waals surface area contributed by atoms with Crippen LogP contribution in [-0.2, 0) is 0 Å². The largest absolute Gasteiger partial charge is 0.122 e. The van der Waals surface area contributed by atoms with Crippen LogP contribution in [-0.4, -0.2) is 0 Å². The third kappa shape index (κ3) is 17.9. The van der Waals surface area contributed by atoms with Crippen molar-refractivity contribution in [1.82, 2.24) is 0 Å². The van der Waals surface area contributed by atoms with E-state index in [1.165, 1.54) is 89.4 Å². The lowest BCUT2D eigenvalue weighted by atomic mass is 10.0. The minimum atomic E-state index is 1.00. The van der Waals surface area contributed by atoms with E-state index < -0.39 is 0 Å². The molecule has 0 saturated carbocycles. The summed E-state index contributed by atoms with van der Waals surface area (Å²) in [7, 11) is 0. The molecule has 0 aromatic heterocycles. The van der Waals surface area contributed by atoms with E-state index in [-0.39, 0.29) is 0 Å². The summed E-state index contributed by atoms with van der Waals surface area (Å²) in [6, 6.07) is 0. The minimum absolute atomic E-state index is 1.00. The van der Waals surface area contributed by atoms with E-state index in [1.807, 2.05) is 0 Å². The van der Waals surface area contributed by atoms with Crippen molar-refractivity contribution in [3.05, 3.63) is 5.88 Å². The molecule has 0 aromatic carbocycles. The van der Waals surface area contributed by atoms with Gasteiger partial charge in [0.25, 0.3) is 0 Å². The van der Waals surface area contributed by atoms with Gasteiger partial charge in [-0.1, -0.05) is 89.9 Å². The van der Waals surface area contributed by atoms with Gasteiger partial charge in [0.1, 0.15) is 5.88 Å². The van der Waals surface area contributed by atoms with E-state index in [0.29, 0.717) is 0 Å². The second-order valence-electron chi connectivity index (χ2n) is 5.42. The first-order valence-corrected chi connectivity index (χ1v) is 8.75. The van der Waals surface area contributed by atoms with Crippen molar-refractivity contribution < 1.29 is 0 Å². The third-order valence-corrected chi connectivity index (χ3v) is 3.67. The number of halogens is 1. The fraction of sp³-hybridized carbons (Fsp3) is 0.833. The van der Waals surface area contributed by atoms with Gasteiger partial charge in [0.05, 0.1) is 0 Å². The molecule has 0 saturated heterocycles. The molecule has 0 atom stereocenters. The van der Waals surface area contributed by atoms with E-state index in [2.05, 4.69) is 18.8 Å². The van der Waals surface area contributed by atoms with Crippen LogP contribution in [0.1, 0.15) is 96.8 Å². The van der Waals surface area contributed by atoms with E-state index >= 15 is 0 Å². The number of unbranched alkanes of at least 4 members (excludes halogenated alkanes) is 13. The van der Waals surface area contributed by atoms with Gasteiger partial charge < -0.3 is 0 Å². The lowest BCUT2D eigenvalue weighted by molar-refractivity contribution is 0.540. The van der Waals surface area contributed by atoms with Crippen molar-refractivity contribution in [3.63, 3.8) is 0 Å². The molecule has 0 fully saturated rings. The highest BCUT2D eigenvalue weighted by atomic mass is 35.5. The van der Waals surface area contributed by atoms with Crippen LogP contribution in [0.15, 0.2) is 0 Å². The van der Waals surface area contributed by atoms with Gasteiger partial charge in [-0.15, -0.1) is 17.5 Å². The van der Waals surface area contributed by atoms with Crippen LogP contribution in [0.25, 0.3) is 0 Å². The lowest BCUT2D eigenvalue weighted by Gasteiger charge is -2.02. The minimum Gasteiger partial charge on any atom is -0.106 e. The van der Waals surface area contributed by atoms with Gasteiger partial charge >= 0.3 is 0 Å². The zero-order chi connectivity index (χ0) is 14.0. The van der Waals surface area contributed by atoms with Gasteiger partial charge in [-0.2, -0.15) is 0 Å². The summed E-state index contributed by atoms with van der Waals surface area (Å²) in [5, 5.41) is 0. The Morgan fingerprint density at radius 3 is 1.53 bits per heavy atom. The van der Waals surface area contributed by atoms with Crippen molar-refractivity contribution in [1.29, 1.82) is 0 Å². The Morgan fingerprint density at radius 2 is 1.11 bits per heavy atom. The van der Waals surface area contributed by atoms with Gasteiger partial charge in [-0.25, -0.2) is 0 Å². The van der Waals surface area contributed by atoms with Gasteiger partial charge in [0, 0.05) is 6.42 Å². The summed E-state index contributed by atoms with van der Waals surface area (Å²) in [5.41, 5.74) is 0. The highest BCUT2D eigenvalue weighted by molar-refractivity contribution is 6.25. The highest BCUT2D eigenvalue weighted by Gasteiger charge is 1.93. The van der Waals surface area contributed by atoms with Crippen molar-refractivity contribution in [2.24, 2.45) is 0 Å². The molecule has 0 amide bonds. The molecule has 0 aliphatic carbocycles. The standard InChI is InChI=1S/C18H32Cl/c1-2-3-4-5-6-7-8-9-10-11-12-13-14-15-16-17-18-19/h18H,2-15H2,1H3. The van der Waals surface area contributed by atoms with Crippen molar-refractivity contribution >= 4 is 11.6 Å². The normalized spacial score (nSPS) is 10.2. The van der Waals surface area contributed by atoms with Gasteiger partial charge in [0.2, 0.25) is 0 Å². The lowest BCUT2D eigenvalue weighted by Crippen LogP contribution is -1.82. The van der Waals surface area contributed by atoms with Gasteiger partial charge in [0.15, 0.2) is 0 Å². The molecule has 0 aliphatic heterocycles. The molecular formula is C18H32Cl. The molecule has 0 rings (SSSR count). The fourth-order valence-electron chi connectivity index (χ4n) is 2.34. The number of hydrogen-bond acceptors (Lipinski definition) is 0. The van der Waals surface area contributed by atoms with Crippen LogP contribution in [0.2, 0.25) is 0 Å². The summed E-state index contributed by atoms with van der Waals surface area (Å²) < 4.78 is 0. The van der Waals surface area contributed by atoms with Crippen molar-refractivity contribution in [3.8, 4) is 11.8 Å².